The van der Waals surface area contributed by atoms with E-state index < -0.39 is 46.9 Å². The lowest BCUT2D eigenvalue weighted by molar-refractivity contribution is -0.188. The molecular formula is C27H24O9. The molecule has 9 nitrogen and oxygen atoms in total. The monoisotopic (exact) mass is 492 g/mol. The van der Waals surface area contributed by atoms with E-state index in [9.17, 15) is 44.7 Å². The first-order valence-corrected chi connectivity index (χ1v) is 10.8. The summed E-state index contributed by atoms with van der Waals surface area (Å²) in [5.74, 6) is -4.10. The summed E-state index contributed by atoms with van der Waals surface area (Å²) in [4.78, 5) is 51.3. The van der Waals surface area contributed by atoms with Gasteiger partial charge < -0.3 is 30.3 Å². The van der Waals surface area contributed by atoms with Crippen LogP contribution in [0.3, 0.4) is 0 Å². The van der Waals surface area contributed by atoms with E-state index >= 15 is 0 Å². The second-order valence-electron chi connectivity index (χ2n) is 8.16. The topological polar surface area (TPSA) is 169 Å². The quantitative estimate of drug-likeness (QED) is 0.188. The van der Waals surface area contributed by atoms with Crippen LogP contribution in [0.25, 0.3) is 0 Å². The number of Topliss-reactive ketones (excluding diaryl/α,β-unsaturated/α-hetero) is 3. The zero-order valence-electron chi connectivity index (χ0n) is 18.8. The molecule has 0 bridgehead atoms. The molecule has 0 radical (unpaired) electrons. The van der Waals surface area contributed by atoms with Gasteiger partial charge in [-0.3, -0.25) is 14.4 Å². The number of ketones is 3. The van der Waals surface area contributed by atoms with Gasteiger partial charge in [-0.05, 0) is 0 Å². The average Bonchev–Trinajstić information content (AvgIpc) is 2.95. The van der Waals surface area contributed by atoms with E-state index in [2.05, 4.69) is 0 Å². The average molecular weight is 492 g/mol. The summed E-state index contributed by atoms with van der Waals surface area (Å²) in [5, 5.41) is 55.4. The Hall–Kier alpha value is -3.86. The van der Waals surface area contributed by atoms with E-state index in [-0.39, 0.29) is 23.0 Å². The first kappa shape index (κ1) is 26.7. The standard InChI is InChI=1S/C27H24O9/c28-16-20(29)26(35,22(31)18-12-6-2-7-13-18)25(34)27(36,23(32)19-14-8-3-9-15-19)24(33)21(30)17-10-4-1-5-11-17/h1-16,20,24-25,29,33-36H/t20-,24?,25-,26-,27+/m0/s1. The van der Waals surface area contributed by atoms with Crippen LogP contribution in [-0.4, -0.2) is 78.7 Å². The largest absolute Gasteiger partial charge is 0.386 e. The van der Waals surface area contributed by atoms with E-state index in [0.29, 0.717) is 0 Å². The summed E-state index contributed by atoms with van der Waals surface area (Å²) < 4.78 is 0. The third kappa shape index (κ3) is 4.66. The van der Waals surface area contributed by atoms with E-state index in [4.69, 9.17) is 0 Å². The molecule has 0 spiro atoms. The maximum absolute atomic E-state index is 13.5. The molecule has 0 fully saturated rings. The Labute approximate surface area is 205 Å². The first-order chi connectivity index (χ1) is 17.1. The number of hydrogen-bond donors (Lipinski definition) is 5. The Balaban J connectivity index is 2.22. The second-order valence-corrected chi connectivity index (χ2v) is 8.16. The summed E-state index contributed by atoms with van der Waals surface area (Å²) >= 11 is 0. The molecule has 0 saturated carbocycles. The molecular weight excluding hydrogens is 468 g/mol. The molecule has 0 aliphatic heterocycles. The van der Waals surface area contributed by atoms with Crippen LogP contribution in [0.5, 0.6) is 0 Å². The molecule has 3 rings (SSSR count). The van der Waals surface area contributed by atoms with Gasteiger partial charge in [-0.2, -0.15) is 0 Å². The molecule has 5 N–H and O–H groups in total. The van der Waals surface area contributed by atoms with Crippen LogP contribution >= 0.6 is 0 Å². The van der Waals surface area contributed by atoms with Gasteiger partial charge in [0.2, 0.25) is 0 Å². The molecule has 1 unspecified atom stereocenters. The highest BCUT2D eigenvalue weighted by Gasteiger charge is 2.64. The van der Waals surface area contributed by atoms with Gasteiger partial charge in [-0.15, -0.1) is 0 Å². The van der Waals surface area contributed by atoms with Crippen LogP contribution < -0.4 is 0 Å². The van der Waals surface area contributed by atoms with Gasteiger partial charge in [0, 0.05) is 16.7 Å². The molecule has 9 heteroatoms. The molecule has 0 amide bonds. The van der Waals surface area contributed by atoms with Crippen molar-refractivity contribution in [2.24, 2.45) is 0 Å². The van der Waals surface area contributed by atoms with Crippen LogP contribution in [0, 0.1) is 0 Å². The first-order valence-electron chi connectivity index (χ1n) is 10.8. The summed E-state index contributed by atoms with van der Waals surface area (Å²) in [6.07, 6.45) is -8.71. The van der Waals surface area contributed by atoms with Gasteiger partial charge in [0.15, 0.2) is 40.9 Å². The van der Waals surface area contributed by atoms with Crippen LogP contribution in [-0.2, 0) is 4.79 Å². The van der Waals surface area contributed by atoms with Crippen molar-refractivity contribution in [3.63, 3.8) is 0 Å². The summed E-state index contributed by atoms with van der Waals surface area (Å²) in [7, 11) is 0. The Morgan fingerprint density at radius 1 is 0.611 bits per heavy atom. The molecule has 0 aliphatic carbocycles. The molecule has 3 aromatic carbocycles. The van der Waals surface area contributed by atoms with Gasteiger partial charge in [-0.25, -0.2) is 0 Å². The fourth-order valence-electron chi connectivity index (χ4n) is 3.86. The zero-order chi connectivity index (χ0) is 26.5. The Morgan fingerprint density at radius 3 is 1.36 bits per heavy atom. The summed E-state index contributed by atoms with van der Waals surface area (Å²) in [6, 6.07) is 20.4. The number of carbonyl (C=O) groups excluding carboxylic acids is 4. The summed E-state index contributed by atoms with van der Waals surface area (Å²) in [6.45, 7) is 0. The lowest BCUT2D eigenvalue weighted by atomic mass is 9.69. The van der Waals surface area contributed by atoms with Crippen LogP contribution in [0.2, 0.25) is 0 Å². The third-order valence-electron chi connectivity index (χ3n) is 5.94. The van der Waals surface area contributed by atoms with Crippen molar-refractivity contribution in [3.05, 3.63) is 108 Å². The van der Waals surface area contributed by atoms with E-state index in [1.165, 1.54) is 84.9 Å². The number of aliphatic hydroxyl groups excluding tert-OH is 3. The third-order valence-corrected chi connectivity index (χ3v) is 5.94. The zero-order valence-corrected chi connectivity index (χ0v) is 18.8. The van der Waals surface area contributed by atoms with Crippen molar-refractivity contribution in [2.45, 2.75) is 29.5 Å². The smallest absolute Gasteiger partial charge is 0.200 e. The Kier molecular flexibility index (Phi) is 8.03. The van der Waals surface area contributed by atoms with Gasteiger partial charge in [0.25, 0.3) is 0 Å². The van der Waals surface area contributed by atoms with E-state index in [1.807, 2.05) is 0 Å². The fraction of sp³-hybridized carbons (Fsp3) is 0.185. The number of rotatable bonds is 11. The second kappa shape index (κ2) is 10.8. The van der Waals surface area contributed by atoms with Gasteiger partial charge >= 0.3 is 0 Å². The SMILES string of the molecule is O=C[C@H](O)[C@](O)(C(=O)c1ccccc1)[C@H](O)[C@@](O)(C(=O)c1ccccc1)C(O)C(=O)c1ccccc1. The highest BCUT2D eigenvalue weighted by atomic mass is 16.4. The predicted octanol–water partition coefficient (Wildman–Crippen LogP) is 0.379. The van der Waals surface area contributed by atoms with Gasteiger partial charge in [0.05, 0.1) is 0 Å². The number of carbonyl (C=O) groups is 4. The fourth-order valence-corrected chi connectivity index (χ4v) is 3.86. The molecule has 3 aromatic rings. The van der Waals surface area contributed by atoms with Gasteiger partial charge in [-0.1, -0.05) is 91.0 Å². The minimum Gasteiger partial charge on any atom is -0.386 e. The van der Waals surface area contributed by atoms with Crippen LogP contribution in [0.1, 0.15) is 31.1 Å². The number of benzene rings is 3. The maximum atomic E-state index is 13.5. The van der Waals surface area contributed by atoms with Crippen molar-refractivity contribution in [2.75, 3.05) is 0 Å². The van der Waals surface area contributed by atoms with Crippen molar-refractivity contribution in [1.29, 1.82) is 0 Å². The lowest BCUT2D eigenvalue weighted by Gasteiger charge is -2.43. The molecule has 186 valence electrons. The minimum atomic E-state index is -3.59. The molecule has 0 aromatic heterocycles. The molecule has 0 saturated heterocycles. The molecule has 5 atom stereocenters. The Morgan fingerprint density at radius 2 is 0.972 bits per heavy atom. The highest BCUT2D eigenvalue weighted by molar-refractivity contribution is 6.12. The van der Waals surface area contributed by atoms with Gasteiger partial charge in [0.1, 0.15) is 12.2 Å². The number of hydrogen-bond acceptors (Lipinski definition) is 9. The van der Waals surface area contributed by atoms with Crippen molar-refractivity contribution in [3.8, 4) is 0 Å². The van der Waals surface area contributed by atoms with Crippen molar-refractivity contribution in [1.82, 2.24) is 0 Å². The minimum absolute atomic E-state index is 0.162. The van der Waals surface area contributed by atoms with Crippen LogP contribution in [0.15, 0.2) is 91.0 Å². The molecule has 0 aliphatic rings. The van der Waals surface area contributed by atoms with Crippen LogP contribution in [0.4, 0.5) is 0 Å². The summed E-state index contributed by atoms with van der Waals surface area (Å²) in [5.41, 5.74) is -7.88. The highest BCUT2D eigenvalue weighted by Crippen LogP contribution is 2.34. The number of aldehydes is 1. The van der Waals surface area contributed by atoms with Crippen molar-refractivity contribution < 1.29 is 44.7 Å². The molecule has 36 heavy (non-hydrogen) atoms. The number of aliphatic hydroxyl groups is 5. The predicted molar refractivity (Wildman–Crippen MR) is 126 cm³/mol. The maximum Gasteiger partial charge on any atom is 0.200 e. The normalized spacial score (nSPS) is 17.0. The molecule has 0 heterocycles. The Bertz CT molecular complexity index is 1230. The van der Waals surface area contributed by atoms with Crippen molar-refractivity contribution >= 4 is 23.6 Å². The lowest BCUT2D eigenvalue weighted by Crippen LogP contribution is -2.72. The van der Waals surface area contributed by atoms with E-state index in [0.717, 1.165) is 0 Å². The van der Waals surface area contributed by atoms with E-state index in [1.54, 1.807) is 6.07 Å².